The van der Waals surface area contributed by atoms with E-state index in [9.17, 15) is 4.79 Å². The van der Waals surface area contributed by atoms with Gasteiger partial charge in [0, 0.05) is 30.4 Å². The third kappa shape index (κ3) is 6.33. The number of ether oxygens (including phenoxy) is 2. The second kappa shape index (κ2) is 8.47. The van der Waals surface area contributed by atoms with Crippen LogP contribution in [0.3, 0.4) is 0 Å². The molecule has 0 spiro atoms. The summed E-state index contributed by atoms with van der Waals surface area (Å²) < 4.78 is 9.90. The number of benzene rings is 2. The molecule has 112 valence electrons. The number of rotatable bonds is 3. The van der Waals surface area contributed by atoms with Crippen LogP contribution in [0.4, 0.5) is 11.4 Å². The lowest BCUT2D eigenvalue weighted by Crippen LogP contribution is -2.05. The van der Waals surface area contributed by atoms with Gasteiger partial charge in [0.2, 0.25) is 5.91 Å². The molecule has 0 aromatic heterocycles. The summed E-state index contributed by atoms with van der Waals surface area (Å²) in [5.74, 6) is 1.46. The highest BCUT2D eigenvalue weighted by atomic mass is 16.5. The first-order valence-corrected chi connectivity index (χ1v) is 6.36. The maximum atomic E-state index is 10.7. The average molecular weight is 288 g/mol. The minimum absolute atomic E-state index is 0.0803. The molecule has 3 N–H and O–H groups in total. The van der Waals surface area contributed by atoms with Crippen molar-refractivity contribution in [1.82, 2.24) is 0 Å². The summed E-state index contributed by atoms with van der Waals surface area (Å²) in [7, 11) is 3.21. The van der Waals surface area contributed by atoms with E-state index in [1.807, 2.05) is 36.4 Å². The number of nitrogen functional groups attached to an aromatic ring is 1. The molecule has 5 heteroatoms. The van der Waals surface area contributed by atoms with Crippen LogP contribution in [0.2, 0.25) is 0 Å². The third-order valence-electron chi connectivity index (χ3n) is 2.48. The molecule has 5 nitrogen and oxygen atoms in total. The van der Waals surface area contributed by atoms with E-state index in [4.69, 9.17) is 15.2 Å². The molecule has 0 aliphatic rings. The SMILES string of the molecule is COc1cccc(N)c1.COc1cccc(NC(C)=O)c1. The van der Waals surface area contributed by atoms with Crippen LogP contribution in [0.25, 0.3) is 0 Å². The fraction of sp³-hybridized carbons (Fsp3) is 0.188. The Balaban J connectivity index is 0.000000219. The number of nitrogens with one attached hydrogen (secondary N) is 1. The summed E-state index contributed by atoms with van der Waals surface area (Å²) in [6.07, 6.45) is 0. The van der Waals surface area contributed by atoms with Crippen LogP contribution < -0.4 is 20.5 Å². The zero-order valence-corrected chi connectivity index (χ0v) is 12.4. The molecule has 0 unspecified atom stereocenters. The van der Waals surface area contributed by atoms with Crippen LogP contribution in [-0.4, -0.2) is 20.1 Å². The van der Waals surface area contributed by atoms with Crippen molar-refractivity contribution >= 4 is 17.3 Å². The number of methoxy groups -OCH3 is 2. The summed E-state index contributed by atoms with van der Waals surface area (Å²) in [5.41, 5.74) is 6.94. The van der Waals surface area contributed by atoms with E-state index in [2.05, 4.69) is 5.32 Å². The van der Waals surface area contributed by atoms with Gasteiger partial charge in [0.25, 0.3) is 0 Å². The van der Waals surface area contributed by atoms with Crippen molar-refractivity contribution in [3.05, 3.63) is 48.5 Å². The summed E-state index contributed by atoms with van der Waals surface area (Å²) in [5, 5.41) is 2.66. The van der Waals surface area contributed by atoms with Crippen molar-refractivity contribution in [3.63, 3.8) is 0 Å². The van der Waals surface area contributed by atoms with Gasteiger partial charge in [-0.3, -0.25) is 4.79 Å². The van der Waals surface area contributed by atoms with Gasteiger partial charge in [-0.05, 0) is 24.3 Å². The molecule has 0 bridgehead atoms. The number of hydrogen-bond donors (Lipinski definition) is 2. The van der Waals surface area contributed by atoms with Gasteiger partial charge in [-0.25, -0.2) is 0 Å². The van der Waals surface area contributed by atoms with Crippen LogP contribution in [0.5, 0.6) is 11.5 Å². The Hall–Kier alpha value is -2.69. The topological polar surface area (TPSA) is 73.6 Å². The molecule has 0 fully saturated rings. The molecular formula is C16H20N2O3. The van der Waals surface area contributed by atoms with Crippen LogP contribution in [0, 0.1) is 0 Å². The zero-order valence-electron chi connectivity index (χ0n) is 12.4. The van der Waals surface area contributed by atoms with Gasteiger partial charge in [0.15, 0.2) is 0 Å². The van der Waals surface area contributed by atoms with E-state index in [0.717, 1.165) is 22.9 Å². The Morgan fingerprint density at radius 3 is 2.05 bits per heavy atom. The number of carbonyl (C=O) groups excluding carboxylic acids is 1. The van der Waals surface area contributed by atoms with Crippen LogP contribution >= 0.6 is 0 Å². The highest BCUT2D eigenvalue weighted by Crippen LogP contribution is 2.16. The van der Waals surface area contributed by atoms with Gasteiger partial charge in [-0.15, -0.1) is 0 Å². The van der Waals surface area contributed by atoms with E-state index in [-0.39, 0.29) is 5.91 Å². The molecule has 0 aliphatic heterocycles. The first-order chi connectivity index (χ1) is 10.0. The summed E-state index contributed by atoms with van der Waals surface area (Å²) in [6.45, 7) is 1.47. The number of nitrogens with two attached hydrogens (primary N) is 1. The molecule has 0 atom stereocenters. The van der Waals surface area contributed by atoms with E-state index >= 15 is 0 Å². The second-order valence-electron chi connectivity index (χ2n) is 4.19. The Bertz CT molecular complexity index is 585. The maximum absolute atomic E-state index is 10.7. The number of anilines is 2. The molecule has 2 aromatic carbocycles. The smallest absolute Gasteiger partial charge is 0.221 e. The lowest BCUT2D eigenvalue weighted by molar-refractivity contribution is -0.114. The van der Waals surface area contributed by atoms with Crippen molar-refractivity contribution < 1.29 is 14.3 Å². The molecule has 0 aliphatic carbocycles. The number of amides is 1. The Kier molecular flexibility index (Phi) is 6.60. The van der Waals surface area contributed by atoms with E-state index < -0.39 is 0 Å². The second-order valence-corrected chi connectivity index (χ2v) is 4.19. The van der Waals surface area contributed by atoms with Gasteiger partial charge < -0.3 is 20.5 Å². The molecular weight excluding hydrogens is 268 g/mol. The molecule has 2 aromatic rings. The van der Waals surface area contributed by atoms with Crippen molar-refractivity contribution in [1.29, 1.82) is 0 Å². The van der Waals surface area contributed by atoms with Crippen LogP contribution in [0.15, 0.2) is 48.5 Å². The molecule has 0 heterocycles. The van der Waals surface area contributed by atoms with Crippen molar-refractivity contribution in [2.24, 2.45) is 0 Å². The first kappa shape index (κ1) is 16.4. The van der Waals surface area contributed by atoms with Crippen molar-refractivity contribution in [2.45, 2.75) is 6.92 Å². The zero-order chi connectivity index (χ0) is 15.7. The fourth-order valence-corrected chi connectivity index (χ4v) is 1.55. The minimum Gasteiger partial charge on any atom is -0.497 e. The third-order valence-corrected chi connectivity index (χ3v) is 2.48. The van der Waals surface area contributed by atoms with Gasteiger partial charge in [0.1, 0.15) is 11.5 Å². The Morgan fingerprint density at radius 1 is 1.00 bits per heavy atom. The predicted molar refractivity (Wildman–Crippen MR) is 84.7 cm³/mol. The van der Waals surface area contributed by atoms with Crippen molar-refractivity contribution in [3.8, 4) is 11.5 Å². The molecule has 0 saturated carbocycles. The Labute approximate surface area is 124 Å². The van der Waals surface area contributed by atoms with Crippen LogP contribution in [0.1, 0.15) is 6.92 Å². The first-order valence-electron chi connectivity index (χ1n) is 6.36. The molecule has 21 heavy (non-hydrogen) atoms. The largest absolute Gasteiger partial charge is 0.497 e. The van der Waals surface area contributed by atoms with Gasteiger partial charge >= 0.3 is 0 Å². The normalized spacial score (nSPS) is 9.10. The van der Waals surface area contributed by atoms with Gasteiger partial charge in [0.05, 0.1) is 14.2 Å². The highest BCUT2D eigenvalue weighted by molar-refractivity contribution is 5.88. The summed E-state index contributed by atoms with van der Waals surface area (Å²) >= 11 is 0. The summed E-state index contributed by atoms with van der Waals surface area (Å²) in [4.78, 5) is 10.7. The van der Waals surface area contributed by atoms with E-state index in [1.54, 1.807) is 26.4 Å². The average Bonchev–Trinajstić information content (AvgIpc) is 2.47. The Morgan fingerprint density at radius 2 is 1.57 bits per heavy atom. The standard InChI is InChI=1S/C9H11NO2.C7H9NO/c1-7(11)10-8-4-3-5-9(6-8)12-2;1-9-7-4-2-3-6(8)5-7/h3-6H,1-2H3,(H,10,11);2-5H,8H2,1H3. The fourth-order valence-electron chi connectivity index (χ4n) is 1.55. The lowest BCUT2D eigenvalue weighted by Gasteiger charge is -2.03. The van der Waals surface area contributed by atoms with Crippen LogP contribution in [-0.2, 0) is 4.79 Å². The van der Waals surface area contributed by atoms with Gasteiger partial charge in [-0.2, -0.15) is 0 Å². The maximum Gasteiger partial charge on any atom is 0.221 e. The molecule has 1 amide bonds. The highest BCUT2D eigenvalue weighted by Gasteiger charge is 1.96. The summed E-state index contributed by atoms with van der Waals surface area (Å²) in [6, 6.07) is 14.5. The van der Waals surface area contributed by atoms with Gasteiger partial charge in [-0.1, -0.05) is 12.1 Å². The number of hydrogen-bond acceptors (Lipinski definition) is 4. The molecule has 0 radical (unpaired) electrons. The predicted octanol–water partition coefficient (Wildman–Crippen LogP) is 2.93. The molecule has 2 rings (SSSR count). The van der Waals surface area contributed by atoms with E-state index in [1.165, 1.54) is 6.92 Å². The monoisotopic (exact) mass is 288 g/mol. The quantitative estimate of drug-likeness (QED) is 0.852. The lowest BCUT2D eigenvalue weighted by atomic mass is 10.3. The van der Waals surface area contributed by atoms with E-state index in [0.29, 0.717) is 0 Å². The molecule has 0 saturated heterocycles. The minimum atomic E-state index is -0.0803. The van der Waals surface area contributed by atoms with Crippen molar-refractivity contribution in [2.75, 3.05) is 25.3 Å². The number of carbonyl (C=O) groups is 1.